The van der Waals surface area contributed by atoms with E-state index in [0.717, 1.165) is 6.92 Å². The van der Waals surface area contributed by atoms with Gasteiger partial charge in [0.2, 0.25) is 0 Å². The number of hydrogen-bond acceptors (Lipinski definition) is 5. The molecule has 0 bridgehead atoms. The van der Waals surface area contributed by atoms with Crippen molar-refractivity contribution in [2.24, 2.45) is 0 Å². The summed E-state index contributed by atoms with van der Waals surface area (Å²) in [5.74, 6) is -3.20. The number of carbonyl (C=O) groups is 3. The zero-order valence-corrected chi connectivity index (χ0v) is 6.63. The molecular weight excluding hydrogens is 184 g/mol. The topological polar surface area (TPSA) is 121 Å². The van der Waals surface area contributed by atoms with E-state index in [0.29, 0.717) is 12.2 Å². The fraction of sp³-hybridized carbons (Fsp3) is 0.167. The van der Waals surface area contributed by atoms with E-state index in [-0.39, 0.29) is 0 Å². The van der Waals surface area contributed by atoms with Gasteiger partial charge in [0.05, 0.1) is 0 Å². The van der Waals surface area contributed by atoms with E-state index in [1.54, 1.807) is 0 Å². The second kappa shape index (κ2) is 8.21. The van der Waals surface area contributed by atoms with Crippen molar-refractivity contribution in [3.63, 3.8) is 0 Å². The molecule has 0 rings (SSSR count). The molecule has 7 heteroatoms. The van der Waals surface area contributed by atoms with Crippen LogP contribution in [0.25, 0.3) is 0 Å². The molecule has 0 aromatic carbocycles. The summed E-state index contributed by atoms with van der Waals surface area (Å²) < 4.78 is 0. The van der Waals surface area contributed by atoms with E-state index in [1.807, 2.05) is 0 Å². The Hall–Kier alpha value is -1.89. The lowest BCUT2D eigenvalue weighted by atomic mass is 10.5. The molecule has 0 spiro atoms. The van der Waals surface area contributed by atoms with Crippen molar-refractivity contribution in [2.45, 2.75) is 6.92 Å². The molecule has 0 amide bonds. The molecule has 0 heterocycles. The van der Waals surface area contributed by atoms with Crippen LogP contribution in [0.3, 0.4) is 0 Å². The van der Waals surface area contributed by atoms with Gasteiger partial charge in [-0.2, -0.15) is 5.26 Å². The SMILES string of the molecule is CC(=O)OO.O=C(O)C=CC(=O)O. The number of carboxylic acids is 2. The average molecular weight is 192 g/mol. The Labute approximate surface area is 72.8 Å². The highest BCUT2D eigenvalue weighted by atomic mass is 17.1. The van der Waals surface area contributed by atoms with Crippen molar-refractivity contribution < 1.29 is 34.7 Å². The van der Waals surface area contributed by atoms with Crippen LogP contribution in [-0.2, 0) is 19.3 Å². The van der Waals surface area contributed by atoms with Crippen LogP contribution in [0.2, 0.25) is 0 Å². The van der Waals surface area contributed by atoms with Gasteiger partial charge in [-0.1, -0.05) is 0 Å². The molecule has 0 aliphatic rings. The molecule has 0 radical (unpaired) electrons. The molecular formula is C6H8O7. The van der Waals surface area contributed by atoms with Crippen LogP contribution in [0.5, 0.6) is 0 Å². The van der Waals surface area contributed by atoms with Crippen LogP contribution < -0.4 is 0 Å². The van der Waals surface area contributed by atoms with Gasteiger partial charge < -0.3 is 15.1 Å². The van der Waals surface area contributed by atoms with Crippen LogP contribution >= 0.6 is 0 Å². The number of carbonyl (C=O) groups excluding carboxylic acids is 1. The van der Waals surface area contributed by atoms with E-state index in [4.69, 9.17) is 15.5 Å². The van der Waals surface area contributed by atoms with Gasteiger partial charge in [-0.15, -0.1) is 0 Å². The number of carboxylic acid groups (broad SMARTS) is 2. The van der Waals surface area contributed by atoms with E-state index in [2.05, 4.69) is 4.89 Å². The lowest BCUT2D eigenvalue weighted by Gasteiger charge is -1.76. The van der Waals surface area contributed by atoms with E-state index in [9.17, 15) is 14.4 Å². The number of rotatable bonds is 2. The quantitative estimate of drug-likeness (QED) is 0.313. The minimum atomic E-state index is -1.26. The summed E-state index contributed by atoms with van der Waals surface area (Å²) in [6.07, 6.45) is 1.12. The van der Waals surface area contributed by atoms with Gasteiger partial charge in [0, 0.05) is 19.1 Å². The second-order valence-electron chi connectivity index (χ2n) is 1.59. The first kappa shape index (κ1) is 13.7. The largest absolute Gasteiger partial charge is 0.478 e. The van der Waals surface area contributed by atoms with Gasteiger partial charge in [0.1, 0.15) is 0 Å². The molecule has 0 unspecified atom stereocenters. The van der Waals surface area contributed by atoms with E-state index < -0.39 is 17.9 Å². The lowest BCUT2D eigenvalue weighted by molar-refractivity contribution is -0.231. The van der Waals surface area contributed by atoms with Gasteiger partial charge in [0.25, 0.3) is 0 Å². The molecule has 0 aromatic rings. The standard InChI is InChI=1S/C4H4O4.C2H4O3/c5-3(6)1-2-4(7)8;1-2(3)5-4/h1-2H,(H,5,6)(H,7,8);4H,1H3. The first-order chi connectivity index (χ1) is 5.90. The zero-order chi connectivity index (χ0) is 10.9. The van der Waals surface area contributed by atoms with E-state index in [1.165, 1.54) is 0 Å². The maximum absolute atomic E-state index is 9.55. The first-order valence-corrected chi connectivity index (χ1v) is 2.86. The van der Waals surface area contributed by atoms with Crippen molar-refractivity contribution in [1.29, 1.82) is 0 Å². The van der Waals surface area contributed by atoms with Crippen LogP contribution in [0.15, 0.2) is 12.2 Å². The van der Waals surface area contributed by atoms with Gasteiger partial charge >= 0.3 is 17.9 Å². The zero-order valence-electron chi connectivity index (χ0n) is 6.63. The molecule has 0 atom stereocenters. The van der Waals surface area contributed by atoms with Gasteiger partial charge in [-0.3, -0.25) is 0 Å². The molecule has 0 aliphatic heterocycles. The van der Waals surface area contributed by atoms with Crippen LogP contribution in [0.4, 0.5) is 0 Å². The predicted octanol–water partition coefficient (Wildman–Crippen LogP) is -0.266. The summed E-state index contributed by atoms with van der Waals surface area (Å²) in [6.45, 7) is 1.11. The van der Waals surface area contributed by atoms with Crippen molar-refractivity contribution in [3.05, 3.63) is 12.2 Å². The Morgan fingerprint density at radius 3 is 1.38 bits per heavy atom. The van der Waals surface area contributed by atoms with Gasteiger partial charge in [-0.05, 0) is 0 Å². The third kappa shape index (κ3) is 25.5. The predicted molar refractivity (Wildman–Crippen MR) is 38.8 cm³/mol. The molecule has 0 saturated carbocycles. The van der Waals surface area contributed by atoms with Crippen molar-refractivity contribution >= 4 is 17.9 Å². The molecule has 0 aromatic heterocycles. The third-order valence-electron chi connectivity index (χ3n) is 0.497. The Bertz CT molecular complexity index is 201. The maximum atomic E-state index is 9.55. The third-order valence-corrected chi connectivity index (χ3v) is 0.497. The summed E-state index contributed by atoms with van der Waals surface area (Å²) in [6, 6.07) is 0. The van der Waals surface area contributed by atoms with Crippen molar-refractivity contribution in [2.75, 3.05) is 0 Å². The lowest BCUT2D eigenvalue weighted by Crippen LogP contribution is -1.91. The Morgan fingerprint density at radius 1 is 1.08 bits per heavy atom. The fourth-order valence-corrected chi connectivity index (χ4v) is 0.143. The van der Waals surface area contributed by atoms with E-state index >= 15 is 0 Å². The normalized spacial score (nSPS) is 8.46. The Morgan fingerprint density at radius 2 is 1.31 bits per heavy atom. The highest BCUT2D eigenvalue weighted by Crippen LogP contribution is 1.70. The van der Waals surface area contributed by atoms with Gasteiger partial charge in [-0.25, -0.2) is 14.4 Å². The Balaban J connectivity index is 0. The molecule has 0 fully saturated rings. The number of hydrogen-bond donors (Lipinski definition) is 3. The molecule has 0 aliphatic carbocycles. The van der Waals surface area contributed by atoms with Crippen LogP contribution in [0.1, 0.15) is 6.92 Å². The van der Waals surface area contributed by atoms with Crippen molar-refractivity contribution in [1.82, 2.24) is 0 Å². The second-order valence-corrected chi connectivity index (χ2v) is 1.59. The van der Waals surface area contributed by atoms with Gasteiger partial charge in [0.15, 0.2) is 0 Å². The van der Waals surface area contributed by atoms with Crippen LogP contribution in [0, 0.1) is 0 Å². The summed E-state index contributed by atoms with van der Waals surface area (Å²) in [4.78, 5) is 31.6. The molecule has 13 heavy (non-hydrogen) atoms. The molecule has 74 valence electrons. The minimum Gasteiger partial charge on any atom is -0.478 e. The molecule has 3 N–H and O–H groups in total. The molecule has 7 nitrogen and oxygen atoms in total. The highest BCUT2D eigenvalue weighted by Gasteiger charge is 1.88. The maximum Gasteiger partial charge on any atom is 0.339 e. The monoisotopic (exact) mass is 192 g/mol. The smallest absolute Gasteiger partial charge is 0.339 e. The highest BCUT2D eigenvalue weighted by molar-refractivity contribution is 5.89. The molecule has 0 saturated heterocycles. The van der Waals surface area contributed by atoms with Crippen LogP contribution in [-0.4, -0.2) is 33.4 Å². The number of aliphatic carboxylic acids is 2. The first-order valence-electron chi connectivity index (χ1n) is 2.86. The fourth-order valence-electron chi connectivity index (χ4n) is 0.143. The summed E-state index contributed by atoms with van der Waals surface area (Å²) in [5.41, 5.74) is 0. The summed E-state index contributed by atoms with van der Waals surface area (Å²) in [7, 11) is 0. The van der Waals surface area contributed by atoms with Crippen molar-refractivity contribution in [3.8, 4) is 0 Å². The summed E-state index contributed by atoms with van der Waals surface area (Å²) >= 11 is 0. The minimum absolute atomic E-state index is 0.558. The average Bonchev–Trinajstić information content (AvgIpc) is 2.02. The summed E-state index contributed by atoms with van der Waals surface area (Å²) in [5, 5.41) is 22.9. The Kier molecular flexibility index (Phi) is 8.64.